The Morgan fingerprint density at radius 3 is 1.41 bits per heavy atom. The van der Waals surface area contributed by atoms with Crippen LogP contribution in [0, 0.1) is 0 Å². The van der Waals surface area contributed by atoms with Gasteiger partial charge in [0.15, 0.2) is 12.2 Å². The highest BCUT2D eigenvalue weighted by Gasteiger charge is 2.53. The predicted molar refractivity (Wildman–Crippen MR) is 111 cm³/mol. The van der Waals surface area contributed by atoms with E-state index < -0.39 is 61.2 Å². The van der Waals surface area contributed by atoms with Crippen molar-refractivity contribution in [2.75, 3.05) is 6.61 Å². The molecule has 1 aliphatic rings. The van der Waals surface area contributed by atoms with Gasteiger partial charge in [-0.05, 0) is 25.7 Å². The fourth-order valence-corrected chi connectivity index (χ4v) is 3.16. The van der Waals surface area contributed by atoms with Gasteiger partial charge in [-0.1, -0.05) is 27.7 Å². The van der Waals surface area contributed by atoms with Crippen molar-refractivity contribution in [3.8, 4) is 0 Å². The van der Waals surface area contributed by atoms with Crippen LogP contribution < -0.4 is 0 Å². The number of aliphatic hydroxyl groups is 1. The summed E-state index contributed by atoms with van der Waals surface area (Å²) in [5.41, 5.74) is 0. The summed E-state index contributed by atoms with van der Waals surface area (Å²) in [5, 5.41) is 9.86. The second kappa shape index (κ2) is 14.8. The number of rotatable bonds is 13. The first-order chi connectivity index (χ1) is 15.3. The van der Waals surface area contributed by atoms with E-state index in [0.717, 1.165) is 0 Å². The minimum Gasteiger partial charge on any atom is -0.455 e. The van der Waals surface area contributed by atoms with Crippen LogP contribution in [0.25, 0.3) is 0 Å². The van der Waals surface area contributed by atoms with Gasteiger partial charge in [0.25, 0.3) is 0 Å². The van der Waals surface area contributed by atoms with E-state index in [-0.39, 0.29) is 25.7 Å². The molecule has 0 aromatic heterocycles. The second-order valence-electron chi connectivity index (χ2n) is 7.58. The van der Waals surface area contributed by atoms with Crippen LogP contribution in [0.2, 0.25) is 0 Å². The first kappa shape index (κ1) is 27.8. The quantitative estimate of drug-likeness (QED) is 0.322. The van der Waals surface area contributed by atoms with Crippen molar-refractivity contribution in [1.82, 2.24) is 0 Å². The van der Waals surface area contributed by atoms with Crippen LogP contribution in [0.5, 0.6) is 0 Å². The molecule has 1 rings (SSSR count). The molecule has 0 spiro atoms. The molecule has 0 unspecified atom stereocenters. The number of hydrogen-bond acceptors (Lipinski definition) is 10. The molecule has 0 saturated carbocycles. The Kier molecular flexibility index (Phi) is 12.9. The third-order valence-corrected chi connectivity index (χ3v) is 4.64. The van der Waals surface area contributed by atoms with Gasteiger partial charge in [0.05, 0.1) is 6.61 Å². The van der Waals surface area contributed by atoms with E-state index in [4.69, 9.17) is 23.7 Å². The summed E-state index contributed by atoms with van der Waals surface area (Å²) in [5.74, 6) is -2.42. The van der Waals surface area contributed by atoms with Crippen molar-refractivity contribution in [1.29, 1.82) is 0 Å². The van der Waals surface area contributed by atoms with Gasteiger partial charge in [-0.25, -0.2) is 0 Å². The van der Waals surface area contributed by atoms with Gasteiger partial charge in [0.2, 0.25) is 12.4 Å². The van der Waals surface area contributed by atoms with Crippen LogP contribution in [-0.2, 0) is 42.9 Å². The van der Waals surface area contributed by atoms with Gasteiger partial charge in [-0.3, -0.25) is 19.2 Å². The third kappa shape index (κ3) is 8.74. The molecule has 0 aromatic carbocycles. The van der Waals surface area contributed by atoms with Crippen molar-refractivity contribution in [3.63, 3.8) is 0 Å². The zero-order valence-corrected chi connectivity index (χ0v) is 19.4. The van der Waals surface area contributed by atoms with Crippen molar-refractivity contribution in [3.05, 3.63) is 0 Å². The topological polar surface area (TPSA) is 135 Å². The molecule has 0 amide bonds. The number of ether oxygens (including phenoxy) is 5. The van der Waals surface area contributed by atoms with Crippen LogP contribution in [0.3, 0.4) is 0 Å². The lowest BCUT2D eigenvalue weighted by atomic mass is 9.98. The van der Waals surface area contributed by atoms with Crippen LogP contribution in [0.4, 0.5) is 0 Å². The van der Waals surface area contributed by atoms with Gasteiger partial charge in [0, 0.05) is 25.7 Å². The summed E-state index contributed by atoms with van der Waals surface area (Å²) in [6.07, 6.45) is -4.15. The highest BCUT2D eigenvalue weighted by atomic mass is 16.7. The van der Waals surface area contributed by atoms with Gasteiger partial charge in [-0.2, -0.15) is 0 Å². The van der Waals surface area contributed by atoms with Crippen LogP contribution in [0.15, 0.2) is 0 Å². The lowest BCUT2D eigenvalue weighted by Crippen LogP contribution is -2.63. The third-order valence-electron chi connectivity index (χ3n) is 4.64. The first-order valence-corrected chi connectivity index (χ1v) is 11.3. The Morgan fingerprint density at radius 2 is 1.00 bits per heavy atom. The summed E-state index contributed by atoms with van der Waals surface area (Å²) in [6.45, 7) is 6.54. The van der Waals surface area contributed by atoms with E-state index in [0.29, 0.717) is 25.7 Å². The maximum atomic E-state index is 12.3. The Labute approximate surface area is 188 Å². The summed E-state index contributed by atoms with van der Waals surface area (Å²) in [4.78, 5) is 49.0. The molecule has 184 valence electrons. The Bertz CT molecular complexity index is 620. The minimum absolute atomic E-state index is 0.0749. The summed E-state index contributed by atoms with van der Waals surface area (Å²) >= 11 is 0. The van der Waals surface area contributed by atoms with Gasteiger partial charge < -0.3 is 28.8 Å². The monoisotopic (exact) mass is 460 g/mol. The maximum absolute atomic E-state index is 12.3. The average molecular weight is 461 g/mol. The molecule has 1 aliphatic heterocycles. The fourth-order valence-electron chi connectivity index (χ4n) is 3.16. The molecule has 5 atom stereocenters. The van der Waals surface area contributed by atoms with Gasteiger partial charge in [0.1, 0.15) is 6.10 Å². The molecule has 0 radical (unpaired) electrons. The molecule has 10 nitrogen and oxygen atoms in total. The molecule has 1 fully saturated rings. The molecule has 0 bridgehead atoms. The molecular formula is C22H36O10. The fraction of sp³-hybridized carbons (Fsp3) is 0.818. The van der Waals surface area contributed by atoms with Gasteiger partial charge in [-0.15, -0.1) is 0 Å². The highest BCUT2D eigenvalue weighted by molar-refractivity contribution is 5.72. The predicted octanol–water partition coefficient (Wildman–Crippen LogP) is 2.18. The van der Waals surface area contributed by atoms with E-state index in [2.05, 4.69) is 0 Å². The van der Waals surface area contributed by atoms with E-state index in [1.807, 2.05) is 0 Å². The van der Waals surface area contributed by atoms with Crippen molar-refractivity contribution in [2.45, 2.75) is 110 Å². The normalized spacial score (nSPS) is 25.0. The van der Waals surface area contributed by atoms with E-state index in [9.17, 15) is 24.3 Å². The largest absolute Gasteiger partial charge is 0.455 e. The van der Waals surface area contributed by atoms with Crippen molar-refractivity contribution < 1.29 is 48.0 Å². The zero-order chi connectivity index (χ0) is 24.1. The zero-order valence-electron chi connectivity index (χ0n) is 19.4. The summed E-state index contributed by atoms with van der Waals surface area (Å²) in [7, 11) is 0. The van der Waals surface area contributed by atoms with Crippen molar-refractivity contribution in [2.24, 2.45) is 0 Å². The standard InChI is InChI=1S/C22H36O10/c1-5-9-15(24)29-19-14(13-23)28-22(32-18(27)12-8-4)21(31-17(26)11-7-3)20(19)30-16(25)10-6-2/h14,19-23H,5-13H2,1-4H3/t14-,19-,20+,21-,22+/m1/s1. The van der Waals surface area contributed by atoms with Crippen LogP contribution in [-0.4, -0.2) is 66.3 Å². The average Bonchev–Trinajstić information content (AvgIpc) is 2.72. The Morgan fingerprint density at radius 1 is 0.625 bits per heavy atom. The molecule has 10 heteroatoms. The Balaban J connectivity index is 3.32. The van der Waals surface area contributed by atoms with E-state index >= 15 is 0 Å². The lowest BCUT2D eigenvalue weighted by Gasteiger charge is -2.43. The number of aliphatic hydroxyl groups excluding tert-OH is 1. The number of carbonyl (C=O) groups is 4. The SMILES string of the molecule is CCCC(=O)O[C@@H]1O[C@H](CO)[C@@H](OC(=O)CCC)[C@H](OC(=O)CCC)[C@H]1OC(=O)CCC. The molecule has 1 heterocycles. The lowest BCUT2D eigenvalue weighted by molar-refractivity contribution is -0.301. The number of esters is 4. The summed E-state index contributed by atoms with van der Waals surface area (Å²) < 4.78 is 27.5. The maximum Gasteiger partial charge on any atom is 0.308 e. The van der Waals surface area contributed by atoms with Gasteiger partial charge >= 0.3 is 23.9 Å². The molecular weight excluding hydrogens is 424 g/mol. The van der Waals surface area contributed by atoms with Crippen LogP contribution >= 0.6 is 0 Å². The Hall–Kier alpha value is -2.20. The molecule has 0 aliphatic carbocycles. The number of carbonyl (C=O) groups excluding carboxylic acids is 4. The second-order valence-corrected chi connectivity index (χ2v) is 7.58. The van der Waals surface area contributed by atoms with Crippen LogP contribution in [0.1, 0.15) is 79.1 Å². The van der Waals surface area contributed by atoms with E-state index in [1.54, 1.807) is 27.7 Å². The number of hydrogen-bond donors (Lipinski definition) is 1. The molecule has 1 saturated heterocycles. The molecule has 1 N–H and O–H groups in total. The highest BCUT2D eigenvalue weighted by Crippen LogP contribution is 2.30. The summed E-state index contributed by atoms with van der Waals surface area (Å²) in [6, 6.07) is 0. The smallest absolute Gasteiger partial charge is 0.308 e. The first-order valence-electron chi connectivity index (χ1n) is 11.3. The molecule has 32 heavy (non-hydrogen) atoms. The van der Waals surface area contributed by atoms with Crippen molar-refractivity contribution >= 4 is 23.9 Å². The minimum atomic E-state index is -1.44. The molecule has 0 aromatic rings. The van der Waals surface area contributed by atoms with E-state index in [1.165, 1.54) is 0 Å².